The van der Waals surface area contributed by atoms with Crippen molar-refractivity contribution in [2.45, 2.75) is 136 Å². The van der Waals surface area contributed by atoms with Crippen LogP contribution in [0.2, 0.25) is 0 Å². The minimum Gasteiger partial charge on any atom is -0.465 e. The van der Waals surface area contributed by atoms with Crippen molar-refractivity contribution in [3.8, 4) is 0 Å². The zero-order chi connectivity index (χ0) is 20.2. The Morgan fingerprint density at radius 2 is 1.18 bits per heavy atom. The number of allylic oxidation sites excluding steroid dienone is 1. The first-order valence-corrected chi connectivity index (χ1v) is 11.6. The van der Waals surface area contributed by atoms with Crippen LogP contribution in [0.4, 0.5) is 0 Å². The molecule has 3 fully saturated rings. The fourth-order valence-electron chi connectivity index (χ4n) is 3.50. The van der Waals surface area contributed by atoms with Gasteiger partial charge < -0.3 is 22.2 Å². The molecule has 4 heteroatoms. The molecule has 1 aliphatic heterocycles. The van der Waals surface area contributed by atoms with Gasteiger partial charge in [0.15, 0.2) is 0 Å². The molecule has 0 aromatic rings. The Kier molecular flexibility index (Phi) is 15.8. The van der Waals surface area contributed by atoms with E-state index in [4.69, 9.17) is 9.31 Å². The average Bonchev–Trinajstić information content (AvgIpc) is 3.37. The second kappa shape index (κ2) is 15.4. The predicted octanol–water partition coefficient (Wildman–Crippen LogP) is 7.66. The Hall–Kier alpha value is 0.608. The molecule has 1 heterocycles. The van der Waals surface area contributed by atoms with E-state index in [0.717, 1.165) is 12.8 Å². The SMILES string of the molecule is C1CCCC1.C1CCCC1.[CH2-]CC(=[C-]B1OC(C)(C)C(C)(C)O1)CCCC.[Zr+4]. The summed E-state index contributed by atoms with van der Waals surface area (Å²) in [6.45, 7) is 14.4. The second-order valence-electron chi connectivity index (χ2n) is 9.23. The summed E-state index contributed by atoms with van der Waals surface area (Å²) in [5.74, 6) is 3.32. The Labute approximate surface area is 196 Å². The standard InChI is InChI=1S/C14H25BO2.2C5H10.Zr/c1-7-9-10-12(8-2)11-15-16-13(3,4)14(5,6)17-15;2*1-2-4-5-3-1;/h2,7-10H2,1,3-6H3;2*1-5H2;/q-2;;;+4. The number of unbranched alkanes of at least 4 members (excludes halogenated alkanes) is 1. The van der Waals surface area contributed by atoms with Crippen molar-refractivity contribution in [3.63, 3.8) is 0 Å². The number of hydrogen-bond donors (Lipinski definition) is 0. The first kappa shape index (κ1) is 28.6. The van der Waals surface area contributed by atoms with Crippen molar-refractivity contribution in [2.24, 2.45) is 0 Å². The van der Waals surface area contributed by atoms with E-state index < -0.39 is 0 Å². The fourth-order valence-corrected chi connectivity index (χ4v) is 3.50. The molecule has 0 spiro atoms. The number of hydrogen-bond acceptors (Lipinski definition) is 2. The minimum absolute atomic E-state index is 0. The summed E-state index contributed by atoms with van der Waals surface area (Å²) in [6, 6.07) is 0. The quantitative estimate of drug-likeness (QED) is 0.305. The summed E-state index contributed by atoms with van der Waals surface area (Å²) < 4.78 is 11.8. The molecule has 28 heavy (non-hydrogen) atoms. The zero-order valence-electron chi connectivity index (χ0n) is 19.5. The van der Waals surface area contributed by atoms with Crippen LogP contribution in [0.5, 0.6) is 0 Å². The van der Waals surface area contributed by atoms with Crippen LogP contribution in [-0.2, 0) is 35.5 Å². The van der Waals surface area contributed by atoms with Crippen LogP contribution in [0.15, 0.2) is 5.57 Å². The Morgan fingerprint density at radius 1 is 0.821 bits per heavy atom. The molecule has 2 saturated carbocycles. The van der Waals surface area contributed by atoms with Crippen LogP contribution in [0, 0.1) is 12.9 Å². The van der Waals surface area contributed by atoms with Crippen LogP contribution in [-0.4, -0.2) is 18.3 Å². The van der Waals surface area contributed by atoms with Gasteiger partial charge in [0.2, 0.25) is 0 Å². The van der Waals surface area contributed by atoms with E-state index in [1.165, 1.54) is 82.6 Å². The van der Waals surface area contributed by atoms with Gasteiger partial charge in [-0.05, 0) is 27.7 Å². The van der Waals surface area contributed by atoms with E-state index >= 15 is 0 Å². The summed E-state index contributed by atoms with van der Waals surface area (Å²) in [7, 11) is -0.339. The predicted molar refractivity (Wildman–Crippen MR) is 119 cm³/mol. The fraction of sp³-hybridized carbons (Fsp3) is 0.875. The van der Waals surface area contributed by atoms with Gasteiger partial charge in [-0.2, -0.15) is 6.42 Å². The van der Waals surface area contributed by atoms with Gasteiger partial charge in [-0.1, -0.05) is 90.4 Å². The van der Waals surface area contributed by atoms with Crippen molar-refractivity contribution >= 4 is 7.12 Å². The third-order valence-corrected chi connectivity index (χ3v) is 6.21. The van der Waals surface area contributed by atoms with Crippen LogP contribution in [0.3, 0.4) is 0 Å². The maximum absolute atomic E-state index is 5.89. The molecule has 0 aromatic carbocycles. The Balaban J connectivity index is 0.000000535. The summed E-state index contributed by atoms with van der Waals surface area (Å²) in [4.78, 5) is 0. The monoisotopic (exact) mass is 466 g/mol. The molecule has 0 unspecified atom stereocenters. The van der Waals surface area contributed by atoms with Crippen molar-refractivity contribution in [1.29, 1.82) is 0 Å². The molecule has 0 bridgehead atoms. The van der Waals surface area contributed by atoms with E-state index in [-0.39, 0.29) is 44.5 Å². The molecule has 1 saturated heterocycles. The summed E-state index contributed by atoms with van der Waals surface area (Å²) >= 11 is 0. The van der Waals surface area contributed by atoms with Gasteiger partial charge in [-0.15, -0.1) is 0 Å². The van der Waals surface area contributed by atoms with Crippen LogP contribution < -0.4 is 0 Å². The minimum atomic E-state index is -0.339. The van der Waals surface area contributed by atoms with Gasteiger partial charge in [-0.3, -0.25) is 5.57 Å². The summed E-state index contributed by atoms with van der Waals surface area (Å²) in [5, 5.41) is 0. The molecule has 3 rings (SSSR count). The Bertz CT molecular complexity index is 372. The van der Waals surface area contributed by atoms with Crippen molar-refractivity contribution < 1.29 is 35.5 Å². The van der Waals surface area contributed by atoms with E-state index in [0.29, 0.717) is 0 Å². The van der Waals surface area contributed by atoms with Crippen molar-refractivity contribution in [1.82, 2.24) is 0 Å². The summed E-state index contributed by atoms with van der Waals surface area (Å²) in [6.07, 6.45) is 19.2. The molecule has 158 valence electrons. The van der Waals surface area contributed by atoms with Gasteiger partial charge in [0.25, 0.3) is 7.12 Å². The first-order chi connectivity index (χ1) is 12.8. The maximum atomic E-state index is 5.89. The topological polar surface area (TPSA) is 18.5 Å². The maximum Gasteiger partial charge on any atom is 4.00 e. The molecular weight excluding hydrogens is 422 g/mol. The van der Waals surface area contributed by atoms with E-state index in [2.05, 4.69) is 47.5 Å². The van der Waals surface area contributed by atoms with Gasteiger partial charge in [0, 0.05) is 0 Å². The van der Waals surface area contributed by atoms with Gasteiger partial charge in [-0.25, -0.2) is 0 Å². The molecular formula is C24H45BO2Zr+2. The normalized spacial score (nSPS) is 22.6. The van der Waals surface area contributed by atoms with Crippen molar-refractivity contribution in [2.75, 3.05) is 0 Å². The third kappa shape index (κ3) is 11.1. The average molecular weight is 468 g/mol. The third-order valence-electron chi connectivity index (χ3n) is 6.21. The smallest absolute Gasteiger partial charge is 0.465 e. The largest absolute Gasteiger partial charge is 4.00 e. The van der Waals surface area contributed by atoms with Crippen LogP contribution in [0.1, 0.15) is 125 Å². The zero-order valence-corrected chi connectivity index (χ0v) is 22.0. The summed E-state index contributed by atoms with van der Waals surface area (Å²) in [5.41, 5.74) is 0.661. The molecule has 0 aromatic heterocycles. The van der Waals surface area contributed by atoms with Crippen LogP contribution >= 0.6 is 0 Å². The molecule has 2 nitrogen and oxygen atoms in total. The molecule has 2 aliphatic carbocycles. The first-order valence-electron chi connectivity index (χ1n) is 11.6. The van der Waals surface area contributed by atoms with Gasteiger partial charge in [0.1, 0.15) is 0 Å². The number of rotatable bonds is 5. The van der Waals surface area contributed by atoms with Crippen molar-refractivity contribution in [3.05, 3.63) is 18.5 Å². The van der Waals surface area contributed by atoms with E-state index in [1.807, 2.05) is 0 Å². The second-order valence-corrected chi connectivity index (χ2v) is 9.23. The van der Waals surface area contributed by atoms with E-state index in [9.17, 15) is 0 Å². The Morgan fingerprint density at radius 3 is 1.46 bits per heavy atom. The molecule has 0 amide bonds. The van der Waals surface area contributed by atoms with Gasteiger partial charge >= 0.3 is 26.2 Å². The van der Waals surface area contributed by atoms with Crippen LogP contribution in [0.25, 0.3) is 0 Å². The molecule has 0 N–H and O–H groups in total. The van der Waals surface area contributed by atoms with Gasteiger partial charge in [0.05, 0.1) is 11.2 Å². The molecule has 3 aliphatic rings. The molecule has 0 atom stereocenters. The van der Waals surface area contributed by atoms with E-state index in [1.54, 1.807) is 0 Å². The molecule has 0 radical (unpaired) electrons.